The lowest BCUT2D eigenvalue weighted by molar-refractivity contribution is 0.588. The van der Waals surface area contributed by atoms with Crippen molar-refractivity contribution in [1.29, 1.82) is 0 Å². The molecule has 4 aromatic rings. The van der Waals surface area contributed by atoms with Crippen molar-refractivity contribution in [3.8, 4) is 5.69 Å². The molecule has 4 rings (SSSR count). The van der Waals surface area contributed by atoms with Gasteiger partial charge in [-0.15, -0.1) is 0 Å². The van der Waals surface area contributed by atoms with Gasteiger partial charge < -0.3 is 9.88 Å². The number of imidazole rings is 1. The molecule has 0 amide bonds. The lowest BCUT2D eigenvalue weighted by Gasteiger charge is -2.14. The third kappa shape index (κ3) is 4.31. The minimum absolute atomic E-state index is 0.165. The highest BCUT2D eigenvalue weighted by molar-refractivity contribution is 7.92. The summed E-state index contributed by atoms with van der Waals surface area (Å²) < 4.78 is 57.4. The van der Waals surface area contributed by atoms with E-state index >= 15 is 4.39 Å². The average Bonchev–Trinajstić information content (AvgIpc) is 3.28. The van der Waals surface area contributed by atoms with E-state index in [1.807, 2.05) is 6.07 Å². The molecule has 8 nitrogen and oxygen atoms in total. The number of nitrogens with zero attached hydrogens (tertiary/aromatic N) is 4. The maximum Gasteiger partial charge on any atom is 0.232 e. The average molecular weight is 444 g/mol. The Hall–Kier alpha value is -3.60. The molecule has 0 aliphatic heterocycles. The Bertz CT molecular complexity index is 1340. The number of halogens is 2. The Kier molecular flexibility index (Phi) is 5.51. The highest BCUT2D eigenvalue weighted by atomic mass is 32.2. The van der Waals surface area contributed by atoms with Gasteiger partial charge in [-0.25, -0.2) is 32.2 Å². The van der Waals surface area contributed by atoms with Crippen LogP contribution in [0.3, 0.4) is 0 Å². The number of rotatable bonds is 7. The maximum absolute atomic E-state index is 15.0. The van der Waals surface area contributed by atoms with Crippen LogP contribution in [-0.2, 0) is 10.0 Å². The van der Waals surface area contributed by atoms with Crippen LogP contribution in [0.25, 0.3) is 16.6 Å². The fourth-order valence-electron chi connectivity index (χ4n) is 3.07. The zero-order valence-electron chi connectivity index (χ0n) is 16.4. The fourth-order valence-corrected chi connectivity index (χ4v) is 4.20. The van der Waals surface area contributed by atoms with E-state index < -0.39 is 27.3 Å². The Morgan fingerprint density at radius 3 is 2.71 bits per heavy atom. The van der Waals surface area contributed by atoms with Crippen LogP contribution in [0, 0.1) is 11.6 Å². The molecule has 0 atom stereocenters. The molecular formula is C20H18F2N6O2S. The van der Waals surface area contributed by atoms with Crippen LogP contribution in [0.2, 0.25) is 0 Å². The topological polar surface area (TPSA) is 102 Å². The second-order valence-corrected chi connectivity index (χ2v) is 8.57. The highest BCUT2D eigenvalue weighted by Crippen LogP contribution is 2.31. The highest BCUT2D eigenvalue weighted by Gasteiger charge is 2.19. The van der Waals surface area contributed by atoms with E-state index in [1.165, 1.54) is 6.33 Å². The number of benzene rings is 2. The van der Waals surface area contributed by atoms with Crippen LogP contribution in [0.15, 0.2) is 55.4 Å². The van der Waals surface area contributed by atoms with Crippen molar-refractivity contribution in [3.63, 3.8) is 0 Å². The number of hydrogen-bond donors (Lipinski definition) is 2. The van der Waals surface area contributed by atoms with E-state index in [1.54, 1.807) is 42.3 Å². The SMILES string of the molecule is CCCS(=O)(=O)Nc1ccc(F)c(Nc2ncnc3ccc(-n4ccnc4)cc23)c1F. The van der Waals surface area contributed by atoms with Gasteiger partial charge in [-0.1, -0.05) is 6.92 Å². The normalized spacial score (nSPS) is 11.6. The van der Waals surface area contributed by atoms with E-state index in [2.05, 4.69) is 25.0 Å². The van der Waals surface area contributed by atoms with Crippen molar-refractivity contribution in [3.05, 3.63) is 67.0 Å². The summed E-state index contributed by atoms with van der Waals surface area (Å²) in [5.74, 6) is -1.98. The smallest absolute Gasteiger partial charge is 0.232 e. The quantitative estimate of drug-likeness (QED) is 0.447. The van der Waals surface area contributed by atoms with Gasteiger partial charge in [-0.2, -0.15) is 0 Å². The molecule has 0 aliphatic rings. The largest absolute Gasteiger partial charge is 0.335 e. The molecule has 0 spiro atoms. The molecule has 31 heavy (non-hydrogen) atoms. The van der Waals surface area contributed by atoms with Gasteiger partial charge in [0.25, 0.3) is 0 Å². The van der Waals surface area contributed by atoms with Crippen LogP contribution < -0.4 is 10.0 Å². The monoisotopic (exact) mass is 444 g/mol. The van der Waals surface area contributed by atoms with Crippen LogP contribution in [0.1, 0.15) is 13.3 Å². The van der Waals surface area contributed by atoms with Crippen molar-refractivity contribution in [2.45, 2.75) is 13.3 Å². The number of hydrogen-bond acceptors (Lipinski definition) is 6. The first-order chi connectivity index (χ1) is 14.9. The molecule has 2 heterocycles. The first-order valence-electron chi connectivity index (χ1n) is 9.36. The summed E-state index contributed by atoms with van der Waals surface area (Å²) >= 11 is 0. The standard InChI is InChI=1S/C20H18F2N6O2S/c1-2-9-31(29,30)27-17-6-4-15(21)19(18(17)22)26-20-14-10-13(28-8-7-23-12-28)3-5-16(14)24-11-25-20/h3-8,10-12,27H,2,9H2,1H3,(H,24,25,26). The summed E-state index contributed by atoms with van der Waals surface area (Å²) in [4.78, 5) is 12.3. The van der Waals surface area contributed by atoms with Gasteiger partial charge in [0.05, 0.1) is 23.3 Å². The zero-order chi connectivity index (χ0) is 22.0. The predicted octanol–water partition coefficient (Wildman–Crippen LogP) is 3.99. The summed E-state index contributed by atoms with van der Waals surface area (Å²) in [6.45, 7) is 1.69. The van der Waals surface area contributed by atoms with Gasteiger partial charge in [0.2, 0.25) is 10.0 Å². The van der Waals surface area contributed by atoms with Gasteiger partial charge in [0.1, 0.15) is 23.6 Å². The Labute approximate surface area is 177 Å². The fraction of sp³-hybridized carbons (Fsp3) is 0.150. The van der Waals surface area contributed by atoms with E-state index in [-0.39, 0.29) is 17.3 Å². The second kappa shape index (κ2) is 8.26. The van der Waals surface area contributed by atoms with Gasteiger partial charge in [-0.3, -0.25) is 4.72 Å². The van der Waals surface area contributed by atoms with Crippen molar-refractivity contribution < 1.29 is 17.2 Å². The van der Waals surface area contributed by atoms with Crippen molar-refractivity contribution in [2.24, 2.45) is 0 Å². The molecule has 0 fully saturated rings. The van der Waals surface area contributed by atoms with Crippen LogP contribution in [-0.4, -0.2) is 33.7 Å². The number of nitrogens with one attached hydrogen (secondary N) is 2. The molecule has 0 saturated carbocycles. The summed E-state index contributed by atoms with van der Waals surface area (Å²) in [6, 6.07) is 7.35. The van der Waals surface area contributed by atoms with Crippen LogP contribution in [0.5, 0.6) is 0 Å². The zero-order valence-corrected chi connectivity index (χ0v) is 17.2. The van der Waals surface area contributed by atoms with E-state index in [4.69, 9.17) is 0 Å². The lowest BCUT2D eigenvalue weighted by atomic mass is 10.2. The van der Waals surface area contributed by atoms with E-state index in [9.17, 15) is 12.8 Å². The molecule has 160 valence electrons. The molecule has 2 N–H and O–H groups in total. The van der Waals surface area contributed by atoms with E-state index in [0.29, 0.717) is 17.3 Å². The predicted molar refractivity (Wildman–Crippen MR) is 114 cm³/mol. The number of sulfonamides is 1. The van der Waals surface area contributed by atoms with Gasteiger partial charge >= 0.3 is 0 Å². The van der Waals surface area contributed by atoms with Crippen molar-refractivity contribution >= 4 is 38.1 Å². The van der Waals surface area contributed by atoms with Crippen molar-refractivity contribution in [2.75, 3.05) is 15.8 Å². The molecule has 11 heteroatoms. The minimum Gasteiger partial charge on any atom is -0.335 e. The third-order valence-electron chi connectivity index (χ3n) is 4.49. The Morgan fingerprint density at radius 1 is 1.13 bits per heavy atom. The summed E-state index contributed by atoms with van der Waals surface area (Å²) in [5.41, 5.74) is 0.436. The Balaban J connectivity index is 1.75. The molecule has 2 aromatic heterocycles. The molecule has 2 aromatic carbocycles. The number of fused-ring (bicyclic) bond motifs is 1. The van der Waals surface area contributed by atoms with Crippen LogP contribution >= 0.6 is 0 Å². The minimum atomic E-state index is -3.75. The van der Waals surface area contributed by atoms with Crippen molar-refractivity contribution in [1.82, 2.24) is 19.5 Å². The van der Waals surface area contributed by atoms with Crippen LogP contribution in [0.4, 0.5) is 26.0 Å². The molecule has 0 bridgehead atoms. The molecule has 0 unspecified atom stereocenters. The first-order valence-corrected chi connectivity index (χ1v) is 11.0. The lowest BCUT2D eigenvalue weighted by Crippen LogP contribution is -2.17. The molecular weight excluding hydrogens is 426 g/mol. The number of aromatic nitrogens is 4. The van der Waals surface area contributed by atoms with Gasteiger partial charge in [-0.05, 0) is 36.8 Å². The molecule has 0 aliphatic carbocycles. The first kappa shape index (κ1) is 20.7. The Morgan fingerprint density at radius 2 is 1.97 bits per heavy atom. The third-order valence-corrected chi connectivity index (χ3v) is 5.97. The van der Waals surface area contributed by atoms with Gasteiger partial charge in [0, 0.05) is 23.5 Å². The van der Waals surface area contributed by atoms with E-state index in [0.717, 1.165) is 17.8 Å². The maximum atomic E-state index is 15.0. The number of anilines is 3. The summed E-state index contributed by atoms with van der Waals surface area (Å²) in [5, 5.41) is 3.17. The molecule has 0 radical (unpaired) electrons. The molecule has 0 saturated heterocycles. The summed E-state index contributed by atoms with van der Waals surface area (Å²) in [6.07, 6.45) is 6.62. The second-order valence-electron chi connectivity index (χ2n) is 6.72. The van der Waals surface area contributed by atoms with Gasteiger partial charge in [0.15, 0.2) is 5.82 Å². The summed E-state index contributed by atoms with van der Waals surface area (Å²) in [7, 11) is -3.75.